The summed E-state index contributed by atoms with van der Waals surface area (Å²) in [4.78, 5) is 18.3. The van der Waals surface area contributed by atoms with Crippen LogP contribution in [0.15, 0.2) is 53.5 Å². The van der Waals surface area contributed by atoms with Gasteiger partial charge in [-0.1, -0.05) is 17.3 Å². The number of H-pyrrole nitrogens is 1. The number of morpholine rings is 1. The van der Waals surface area contributed by atoms with Crippen LogP contribution in [0.1, 0.15) is 0 Å². The Morgan fingerprint density at radius 2 is 2.00 bits per heavy atom. The van der Waals surface area contributed by atoms with Gasteiger partial charge in [-0.05, 0) is 18.2 Å². The number of aromatic amines is 1. The molecule has 0 unspecified atom stereocenters. The first-order valence-corrected chi connectivity index (χ1v) is 9.93. The number of benzene rings is 2. The molecule has 1 fully saturated rings. The van der Waals surface area contributed by atoms with Gasteiger partial charge in [0.25, 0.3) is 0 Å². The van der Waals surface area contributed by atoms with Crippen molar-refractivity contribution in [2.24, 2.45) is 0 Å². The highest BCUT2D eigenvalue weighted by atomic mass is 16.5. The summed E-state index contributed by atoms with van der Waals surface area (Å²) in [7, 11) is 1.49. The predicted molar refractivity (Wildman–Crippen MR) is 116 cm³/mol. The Morgan fingerprint density at radius 3 is 2.77 bits per heavy atom. The number of ether oxygens (including phenoxy) is 2. The van der Waals surface area contributed by atoms with Crippen molar-refractivity contribution in [1.82, 2.24) is 20.0 Å². The molecule has 0 aliphatic carbocycles. The van der Waals surface area contributed by atoms with Gasteiger partial charge in [-0.3, -0.25) is 4.79 Å². The largest absolute Gasteiger partial charge is 0.504 e. The molecule has 2 N–H and O–H groups in total. The minimum absolute atomic E-state index is 0.0155. The Kier molecular flexibility index (Phi) is 4.79. The summed E-state index contributed by atoms with van der Waals surface area (Å²) < 4.78 is 12.1. The third-order valence-electron chi connectivity index (χ3n) is 5.40. The van der Waals surface area contributed by atoms with E-state index in [0.29, 0.717) is 41.2 Å². The van der Waals surface area contributed by atoms with Crippen molar-refractivity contribution in [3.05, 3.63) is 58.9 Å². The van der Waals surface area contributed by atoms with Crippen LogP contribution in [0.5, 0.6) is 11.5 Å². The first kappa shape index (κ1) is 19.1. The third kappa shape index (κ3) is 3.49. The van der Waals surface area contributed by atoms with Crippen LogP contribution in [0.25, 0.3) is 27.8 Å². The van der Waals surface area contributed by atoms with Gasteiger partial charge in [-0.25, -0.2) is 4.68 Å². The zero-order valence-corrected chi connectivity index (χ0v) is 16.9. The van der Waals surface area contributed by atoms with E-state index < -0.39 is 0 Å². The Bertz CT molecular complexity index is 1310. The van der Waals surface area contributed by atoms with E-state index >= 15 is 0 Å². The maximum atomic E-state index is 12.8. The van der Waals surface area contributed by atoms with Crippen LogP contribution in [0.2, 0.25) is 0 Å². The number of hydrogen-bond acceptors (Lipinski definition) is 7. The number of rotatable bonds is 4. The maximum absolute atomic E-state index is 12.8. The fourth-order valence-electron chi connectivity index (χ4n) is 3.78. The number of aromatic nitrogens is 4. The number of nitrogens with one attached hydrogen (secondary N) is 1. The van der Waals surface area contributed by atoms with E-state index in [2.05, 4.69) is 20.2 Å². The summed E-state index contributed by atoms with van der Waals surface area (Å²) in [6.07, 6.45) is 1.76. The average molecular weight is 419 g/mol. The highest BCUT2D eigenvalue weighted by Crippen LogP contribution is 2.29. The molecule has 1 aliphatic heterocycles. The second kappa shape index (κ2) is 7.77. The van der Waals surface area contributed by atoms with Crippen LogP contribution in [0.3, 0.4) is 0 Å². The number of para-hydroxylation sites is 1. The molecule has 5 rings (SSSR count). The second-order valence-electron chi connectivity index (χ2n) is 7.25. The second-order valence-corrected chi connectivity index (χ2v) is 7.25. The van der Waals surface area contributed by atoms with Gasteiger partial charge in [0.05, 0.1) is 37.7 Å². The van der Waals surface area contributed by atoms with Crippen LogP contribution in [0, 0.1) is 0 Å². The molecule has 9 nitrogen and oxygen atoms in total. The molecule has 3 heterocycles. The summed E-state index contributed by atoms with van der Waals surface area (Å²) in [6, 6.07) is 12.2. The number of nitrogens with zero attached hydrogens (tertiary/aromatic N) is 4. The molecule has 158 valence electrons. The van der Waals surface area contributed by atoms with Gasteiger partial charge in [0, 0.05) is 36.2 Å². The van der Waals surface area contributed by atoms with Crippen molar-refractivity contribution < 1.29 is 14.6 Å². The predicted octanol–water partition coefficient (Wildman–Crippen LogP) is 2.33. The van der Waals surface area contributed by atoms with Crippen molar-refractivity contribution in [3.8, 4) is 28.4 Å². The lowest BCUT2D eigenvalue weighted by Gasteiger charge is -2.28. The van der Waals surface area contributed by atoms with Gasteiger partial charge in [0.1, 0.15) is 11.5 Å². The Balaban J connectivity index is 1.58. The van der Waals surface area contributed by atoms with E-state index in [1.165, 1.54) is 7.11 Å². The van der Waals surface area contributed by atoms with Crippen molar-refractivity contribution in [2.45, 2.75) is 0 Å². The van der Waals surface area contributed by atoms with E-state index in [1.807, 2.05) is 12.1 Å². The molecular weight excluding hydrogens is 398 g/mol. The van der Waals surface area contributed by atoms with Crippen LogP contribution >= 0.6 is 0 Å². The lowest BCUT2D eigenvalue weighted by atomic mass is 10.1. The fraction of sp³-hybridized carbons (Fsp3) is 0.227. The summed E-state index contributed by atoms with van der Waals surface area (Å²) in [6.45, 7) is 2.71. The number of anilines is 1. The van der Waals surface area contributed by atoms with Gasteiger partial charge in [-0.15, -0.1) is 5.10 Å². The molecule has 0 saturated carbocycles. The lowest BCUT2D eigenvalue weighted by Crippen LogP contribution is -2.37. The Labute approximate surface area is 177 Å². The molecular formula is C22H21N5O4. The number of fused-ring (bicyclic) bond motifs is 1. The Morgan fingerprint density at radius 1 is 1.16 bits per heavy atom. The van der Waals surface area contributed by atoms with Crippen LogP contribution in [-0.4, -0.2) is 58.5 Å². The molecule has 0 spiro atoms. The standard InChI is InChI=1S/C22H21N5O4/c1-30-20-6-5-14(11-19(20)29)27-13-17(24-25-27)15-3-2-4-16-18(28)12-21(23-22(15)16)26-7-9-31-10-8-26/h2-6,11-13,29H,7-10H2,1H3,(H,23,28). The highest BCUT2D eigenvalue weighted by molar-refractivity contribution is 5.93. The monoisotopic (exact) mass is 419 g/mol. The van der Waals surface area contributed by atoms with E-state index in [1.54, 1.807) is 41.2 Å². The molecule has 1 saturated heterocycles. The van der Waals surface area contributed by atoms with Gasteiger partial charge >= 0.3 is 0 Å². The van der Waals surface area contributed by atoms with Crippen molar-refractivity contribution >= 4 is 16.7 Å². The van der Waals surface area contributed by atoms with Gasteiger partial charge in [-0.2, -0.15) is 0 Å². The molecule has 1 aliphatic rings. The van der Waals surface area contributed by atoms with E-state index in [-0.39, 0.29) is 11.2 Å². The normalized spacial score (nSPS) is 14.2. The molecule has 0 bridgehead atoms. The van der Waals surface area contributed by atoms with Crippen LogP contribution in [0.4, 0.5) is 5.82 Å². The summed E-state index contributed by atoms with van der Waals surface area (Å²) in [5, 5.41) is 19.2. The number of phenols is 1. The van der Waals surface area contributed by atoms with Crippen molar-refractivity contribution in [2.75, 3.05) is 38.3 Å². The van der Waals surface area contributed by atoms with Crippen LogP contribution in [-0.2, 0) is 4.74 Å². The van der Waals surface area contributed by atoms with Gasteiger partial charge in [0.15, 0.2) is 16.9 Å². The first-order chi connectivity index (χ1) is 15.1. The number of aromatic hydroxyl groups is 1. The summed E-state index contributed by atoms with van der Waals surface area (Å²) in [5.74, 6) is 1.16. The Hall–Kier alpha value is -3.85. The minimum atomic E-state index is -0.0513. The first-order valence-electron chi connectivity index (χ1n) is 9.93. The molecule has 0 radical (unpaired) electrons. The molecule has 2 aromatic heterocycles. The zero-order chi connectivity index (χ0) is 21.4. The number of phenolic OH excluding ortho intramolecular Hbond substituents is 1. The summed E-state index contributed by atoms with van der Waals surface area (Å²) >= 11 is 0. The summed E-state index contributed by atoms with van der Waals surface area (Å²) in [5.41, 5.74) is 2.68. The van der Waals surface area contributed by atoms with Crippen molar-refractivity contribution in [3.63, 3.8) is 0 Å². The average Bonchev–Trinajstić information content (AvgIpc) is 3.29. The molecule has 9 heteroatoms. The van der Waals surface area contributed by atoms with Crippen molar-refractivity contribution in [1.29, 1.82) is 0 Å². The van der Waals surface area contributed by atoms with Crippen LogP contribution < -0.4 is 15.1 Å². The number of hydrogen-bond donors (Lipinski definition) is 2. The number of pyridine rings is 1. The minimum Gasteiger partial charge on any atom is -0.504 e. The molecule has 4 aromatic rings. The SMILES string of the molecule is COc1ccc(-n2cc(-c3cccc4c(=O)cc(N5CCOCC5)[nH]c34)nn2)cc1O. The molecule has 31 heavy (non-hydrogen) atoms. The van der Waals surface area contributed by atoms with E-state index in [0.717, 1.165) is 24.5 Å². The smallest absolute Gasteiger partial charge is 0.191 e. The van der Waals surface area contributed by atoms with E-state index in [4.69, 9.17) is 9.47 Å². The number of methoxy groups -OCH3 is 1. The fourth-order valence-corrected chi connectivity index (χ4v) is 3.78. The quantitative estimate of drug-likeness (QED) is 0.523. The molecule has 0 atom stereocenters. The lowest BCUT2D eigenvalue weighted by molar-refractivity contribution is 0.122. The van der Waals surface area contributed by atoms with E-state index in [9.17, 15) is 9.90 Å². The van der Waals surface area contributed by atoms with Gasteiger partial charge in [0.2, 0.25) is 0 Å². The third-order valence-corrected chi connectivity index (χ3v) is 5.40. The zero-order valence-electron chi connectivity index (χ0n) is 16.9. The highest BCUT2D eigenvalue weighted by Gasteiger charge is 2.16. The maximum Gasteiger partial charge on any atom is 0.191 e. The topological polar surface area (TPSA) is 106 Å². The molecule has 2 aromatic carbocycles. The molecule has 0 amide bonds. The van der Waals surface area contributed by atoms with Gasteiger partial charge < -0.3 is 24.5 Å².